The van der Waals surface area contributed by atoms with Crippen LogP contribution < -0.4 is 4.74 Å². The standard InChI is InChI=1S/C17H19NO3/c1-11(2)13-5-4-12(3)16(8-13)21-10-15-7-6-14(9-18-15)17(19)20/h4-9,11H,10H2,1-3H3,(H,19,20). The molecule has 0 amide bonds. The molecule has 0 spiro atoms. The van der Waals surface area contributed by atoms with E-state index in [2.05, 4.69) is 24.9 Å². The summed E-state index contributed by atoms with van der Waals surface area (Å²) < 4.78 is 5.80. The molecule has 4 heteroatoms. The summed E-state index contributed by atoms with van der Waals surface area (Å²) in [5.41, 5.74) is 3.18. The van der Waals surface area contributed by atoms with Crippen LogP contribution >= 0.6 is 0 Å². The Morgan fingerprint density at radius 1 is 1.29 bits per heavy atom. The van der Waals surface area contributed by atoms with Crippen LogP contribution in [0.3, 0.4) is 0 Å². The van der Waals surface area contributed by atoms with Gasteiger partial charge in [-0.1, -0.05) is 26.0 Å². The molecule has 1 N–H and O–H groups in total. The fourth-order valence-corrected chi connectivity index (χ4v) is 1.92. The number of pyridine rings is 1. The fraction of sp³-hybridized carbons (Fsp3) is 0.294. The minimum atomic E-state index is -0.976. The van der Waals surface area contributed by atoms with Gasteiger partial charge in [0.15, 0.2) is 0 Å². The highest BCUT2D eigenvalue weighted by Gasteiger charge is 2.07. The molecule has 0 aliphatic carbocycles. The summed E-state index contributed by atoms with van der Waals surface area (Å²) in [6.07, 6.45) is 1.35. The molecule has 0 bridgehead atoms. The number of aromatic carboxylic acids is 1. The van der Waals surface area contributed by atoms with Crippen LogP contribution in [0.5, 0.6) is 5.75 Å². The monoisotopic (exact) mass is 285 g/mol. The van der Waals surface area contributed by atoms with Gasteiger partial charge in [0.2, 0.25) is 0 Å². The molecule has 0 radical (unpaired) electrons. The summed E-state index contributed by atoms with van der Waals surface area (Å²) >= 11 is 0. The maximum Gasteiger partial charge on any atom is 0.337 e. The molecule has 2 aromatic rings. The van der Waals surface area contributed by atoms with E-state index in [-0.39, 0.29) is 5.56 Å². The first-order valence-electron chi connectivity index (χ1n) is 6.89. The first-order chi connectivity index (χ1) is 9.97. The number of hydrogen-bond acceptors (Lipinski definition) is 3. The molecule has 4 nitrogen and oxygen atoms in total. The molecule has 1 aromatic heterocycles. The predicted octanol–water partition coefficient (Wildman–Crippen LogP) is 3.79. The Bertz CT molecular complexity index is 633. The van der Waals surface area contributed by atoms with Gasteiger partial charge < -0.3 is 9.84 Å². The predicted molar refractivity (Wildman–Crippen MR) is 80.8 cm³/mol. The highest BCUT2D eigenvalue weighted by atomic mass is 16.5. The van der Waals surface area contributed by atoms with Gasteiger partial charge in [0.25, 0.3) is 0 Å². The summed E-state index contributed by atoms with van der Waals surface area (Å²) in [5, 5.41) is 8.83. The largest absolute Gasteiger partial charge is 0.487 e. The van der Waals surface area contributed by atoms with Crippen molar-refractivity contribution in [2.75, 3.05) is 0 Å². The Labute approximate surface area is 124 Å². The molecule has 0 saturated heterocycles. The smallest absolute Gasteiger partial charge is 0.337 e. The highest BCUT2D eigenvalue weighted by Crippen LogP contribution is 2.24. The maximum absolute atomic E-state index is 10.8. The van der Waals surface area contributed by atoms with E-state index in [9.17, 15) is 4.79 Å². The minimum Gasteiger partial charge on any atom is -0.487 e. The summed E-state index contributed by atoms with van der Waals surface area (Å²) in [7, 11) is 0. The first kappa shape index (κ1) is 15.0. The highest BCUT2D eigenvalue weighted by molar-refractivity contribution is 5.87. The second-order valence-electron chi connectivity index (χ2n) is 5.31. The van der Waals surface area contributed by atoms with Gasteiger partial charge >= 0.3 is 5.97 Å². The van der Waals surface area contributed by atoms with Crippen molar-refractivity contribution in [3.8, 4) is 5.75 Å². The van der Waals surface area contributed by atoms with Crippen LogP contribution in [0.2, 0.25) is 0 Å². The van der Waals surface area contributed by atoms with Crippen molar-refractivity contribution >= 4 is 5.97 Å². The second kappa shape index (κ2) is 6.39. The van der Waals surface area contributed by atoms with E-state index in [1.165, 1.54) is 17.8 Å². The Morgan fingerprint density at radius 3 is 2.62 bits per heavy atom. The van der Waals surface area contributed by atoms with Gasteiger partial charge in [0.05, 0.1) is 11.3 Å². The van der Waals surface area contributed by atoms with Crippen molar-refractivity contribution in [1.82, 2.24) is 4.98 Å². The zero-order chi connectivity index (χ0) is 15.4. The molecule has 0 aliphatic rings. The van der Waals surface area contributed by atoms with Gasteiger partial charge in [-0.15, -0.1) is 0 Å². The molecule has 1 aromatic carbocycles. The molecule has 0 saturated carbocycles. The van der Waals surface area contributed by atoms with Gasteiger partial charge in [-0.3, -0.25) is 4.98 Å². The lowest BCUT2D eigenvalue weighted by Crippen LogP contribution is -2.03. The van der Waals surface area contributed by atoms with Crippen LogP contribution in [0, 0.1) is 6.92 Å². The summed E-state index contributed by atoms with van der Waals surface area (Å²) in [4.78, 5) is 14.9. The van der Waals surface area contributed by atoms with Crippen molar-refractivity contribution in [2.24, 2.45) is 0 Å². The average Bonchev–Trinajstić information content (AvgIpc) is 2.46. The number of aryl methyl sites for hydroxylation is 1. The van der Waals surface area contributed by atoms with E-state index in [1.807, 2.05) is 19.1 Å². The van der Waals surface area contributed by atoms with E-state index in [0.29, 0.717) is 18.2 Å². The first-order valence-corrected chi connectivity index (χ1v) is 6.89. The number of carboxylic acids is 1. The third kappa shape index (κ3) is 3.81. The molecule has 2 rings (SSSR count). The van der Waals surface area contributed by atoms with Gasteiger partial charge in [-0.2, -0.15) is 0 Å². The number of rotatable bonds is 5. The van der Waals surface area contributed by atoms with Crippen molar-refractivity contribution in [3.05, 3.63) is 58.9 Å². The van der Waals surface area contributed by atoms with E-state index >= 15 is 0 Å². The van der Waals surface area contributed by atoms with Crippen LogP contribution in [0.1, 0.15) is 46.9 Å². The van der Waals surface area contributed by atoms with E-state index in [4.69, 9.17) is 9.84 Å². The molecule has 21 heavy (non-hydrogen) atoms. The van der Waals surface area contributed by atoms with Gasteiger partial charge in [0.1, 0.15) is 12.4 Å². The Hall–Kier alpha value is -2.36. The number of aromatic nitrogens is 1. The molecule has 1 heterocycles. The molecular weight excluding hydrogens is 266 g/mol. The molecule has 110 valence electrons. The van der Waals surface area contributed by atoms with E-state index < -0.39 is 5.97 Å². The molecular formula is C17H19NO3. The zero-order valence-electron chi connectivity index (χ0n) is 12.5. The summed E-state index contributed by atoms with van der Waals surface area (Å²) in [6.45, 7) is 6.60. The van der Waals surface area contributed by atoms with Crippen LogP contribution in [0.25, 0.3) is 0 Å². The van der Waals surface area contributed by atoms with E-state index in [1.54, 1.807) is 6.07 Å². The van der Waals surface area contributed by atoms with Crippen LogP contribution in [-0.2, 0) is 6.61 Å². The molecule has 0 atom stereocenters. The molecule has 0 aliphatic heterocycles. The minimum absolute atomic E-state index is 0.178. The topological polar surface area (TPSA) is 59.4 Å². The number of carbonyl (C=O) groups is 1. The number of nitrogens with zero attached hydrogens (tertiary/aromatic N) is 1. The fourth-order valence-electron chi connectivity index (χ4n) is 1.92. The quantitative estimate of drug-likeness (QED) is 0.908. The lowest BCUT2D eigenvalue weighted by atomic mass is 10.0. The van der Waals surface area contributed by atoms with Crippen LogP contribution in [0.15, 0.2) is 36.5 Å². The zero-order valence-corrected chi connectivity index (χ0v) is 12.5. The van der Waals surface area contributed by atoms with Crippen LogP contribution in [-0.4, -0.2) is 16.1 Å². The lowest BCUT2D eigenvalue weighted by Gasteiger charge is -2.12. The van der Waals surface area contributed by atoms with E-state index in [0.717, 1.165) is 11.3 Å². The van der Waals surface area contributed by atoms with Gasteiger partial charge in [-0.25, -0.2) is 4.79 Å². The average molecular weight is 285 g/mol. The Balaban J connectivity index is 2.08. The van der Waals surface area contributed by atoms with Gasteiger partial charge in [0, 0.05) is 6.20 Å². The molecule has 0 unspecified atom stereocenters. The Kier molecular flexibility index (Phi) is 4.58. The molecule has 0 fully saturated rings. The normalized spacial score (nSPS) is 10.7. The number of benzene rings is 1. The Morgan fingerprint density at radius 2 is 2.05 bits per heavy atom. The summed E-state index contributed by atoms with van der Waals surface area (Å²) in [6, 6.07) is 9.40. The van der Waals surface area contributed by atoms with Crippen molar-refractivity contribution in [3.63, 3.8) is 0 Å². The maximum atomic E-state index is 10.8. The number of hydrogen-bond donors (Lipinski definition) is 1. The van der Waals surface area contributed by atoms with Crippen molar-refractivity contribution in [2.45, 2.75) is 33.3 Å². The van der Waals surface area contributed by atoms with Crippen molar-refractivity contribution in [1.29, 1.82) is 0 Å². The SMILES string of the molecule is Cc1ccc(C(C)C)cc1OCc1ccc(C(=O)O)cn1. The third-order valence-corrected chi connectivity index (χ3v) is 3.33. The van der Waals surface area contributed by atoms with Gasteiger partial charge in [-0.05, 0) is 42.2 Å². The summed E-state index contributed by atoms with van der Waals surface area (Å²) in [5.74, 6) is 0.307. The lowest BCUT2D eigenvalue weighted by molar-refractivity contribution is 0.0696. The third-order valence-electron chi connectivity index (χ3n) is 3.33. The van der Waals surface area contributed by atoms with Crippen molar-refractivity contribution < 1.29 is 14.6 Å². The number of ether oxygens (including phenoxy) is 1. The second-order valence-corrected chi connectivity index (χ2v) is 5.31. The number of carboxylic acid groups (broad SMARTS) is 1. The van der Waals surface area contributed by atoms with Crippen LogP contribution in [0.4, 0.5) is 0 Å².